The number of nitrogens with two attached hydrogens (primary N) is 1. The number of allylic oxidation sites excluding steroid dienone is 1. The molecule has 0 aliphatic rings. The topological polar surface area (TPSA) is 38.0 Å². The van der Waals surface area contributed by atoms with Crippen LogP contribution >= 0.6 is 0 Å². The molecule has 0 aliphatic heterocycles. The molecule has 0 amide bonds. The molecule has 1 unspecified atom stereocenters. The van der Waals surface area contributed by atoms with Crippen LogP contribution in [-0.4, -0.2) is 6.17 Å². The first-order valence-electron chi connectivity index (χ1n) is 11.9. The summed E-state index contributed by atoms with van der Waals surface area (Å²) in [5, 5.41) is 3.10. The third kappa shape index (κ3) is 23.5. The van der Waals surface area contributed by atoms with Gasteiger partial charge in [0.25, 0.3) is 0 Å². The highest BCUT2D eigenvalue weighted by Crippen LogP contribution is 2.14. The zero-order valence-corrected chi connectivity index (χ0v) is 18.2. The minimum absolute atomic E-state index is 0.0616. The van der Waals surface area contributed by atoms with Crippen LogP contribution in [0.5, 0.6) is 0 Å². The van der Waals surface area contributed by atoms with Crippen LogP contribution in [0.25, 0.3) is 0 Å². The van der Waals surface area contributed by atoms with Crippen molar-refractivity contribution >= 4 is 0 Å². The predicted octanol–water partition coefficient (Wildman–Crippen LogP) is 7.83. The lowest BCUT2D eigenvalue weighted by Gasteiger charge is -2.04. The molecule has 0 saturated carbocycles. The Morgan fingerprint density at radius 2 is 0.962 bits per heavy atom. The molecular formula is C24H50N2. The summed E-state index contributed by atoms with van der Waals surface area (Å²) in [6, 6.07) is 0. The Labute approximate surface area is 165 Å². The largest absolute Gasteiger partial charge is 0.376 e. The molecule has 0 aromatic heterocycles. The second-order valence-corrected chi connectivity index (χ2v) is 8.16. The SMILES string of the molecule is CCCCCCCCCCCCCCCCCCCCC=CNC(C)N. The first kappa shape index (κ1) is 25.5. The quantitative estimate of drug-likeness (QED) is 0.160. The normalized spacial score (nSPS) is 12.7. The van der Waals surface area contributed by atoms with Gasteiger partial charge < -0.3 is 11.1 Å². The Morgan fingerprint density at radius 1 is 0.615 bits per heavy atom. The number of nitrogens with one attached hydrogen (secondary N) is 1. The average Bonchev–Trinajstić information content (AvgIpc) is 2.62. The maximum absolute atomic E-state index is 5.62. The van der Waals surface area contributed by atoms with Crippen molar-refractivity contribution in [2.45, 2.75) is 142 Å². The van der Waals surface area contributed by atoms with E-state index >= 15 is 0 Å². The fourth-order valence-corrected chi connectivity index (χ4v) is 3.47. The second kappa shape index (κ2) is 22.5. The highest BCUT2D eigenvalue weighted by molar-refractivity contribution is 4.80. The van der Waals surface area contributed by atoms with Gasteiger partial charge >= 0.3 is 0 Å². The maximum atomic E-state index is 5.62. The Hall–Kier alpha value is -0.500. The van der Waals surface area contributed by atoms with Crippen LogP contribution in [0.3, 0.4) is 0 Å². The number of hydrogen-bond acceptors (Lipinski definition) is 2. The van der Waals surface area contributed by atoms with E-state index in [1.165, 1.54) is 122 Å². The summed E-state index contributed by atoms with van der Waals surface area (Å²) in [4.78, 5) is 0. The molecule has 2 nitrogen and oxygen atoms in total. The number of rotatable bonds is 21. The van der Waals surface area contributed by atoms with Crippen molar-refractivity contribution in [2.75, 3.05) is 0 Å². The molecule has 2 heteroatoms. The standard InChI is InChI=1S/C24H50N2/c1-3-4-5-6-7-8-9-10-11-12-13-14-15-16-17-18-19-20-21-22-23-26-24(2)25/h22-24,26H,3-21,25H2,1-2H3. The van der Waals surface area contributed by atoms with Gasteiger partial charge in [-0.15, -0.1) is 0 Å². The highest BCUT2D eigenvalue weighted by Gasteiger charge is 1.95. The first-order valence-corrected chi connectivity index (χ1v) is 11.9. The van der Waals surface area contributed by atoms with Crippen LogP contribution in [0.15, 0.2) is 12.3 Å². The van der Waals surface area contributed by atoms with Crippen molar-refractivity contribution < 1.29 is 0 Å². The lowest BCUT2D eigenvalue weighted by molar-refractivity contribution is 0.525. The van der Waals surface area contributed by atoms with Crippen molar-refractivity contribution in [1.29, 1.82) is 0 Å². The summed E-state index contributed by atoms with van der Waals surface area (Å²) >= 11 is 0. The van der Waals surface area contributed by atoms with E-state index in [1.54, 1.807) is 0 Å². The minimum atomic E-state index is 0.0616. The van der Waals surface area contributed by atoms with Gasteiger partial charge in [-0.2, -0.15) is 0 Å². The molecule has 156 valence electrons. The molecule has 0 fully saturated rings. The van der Waals surface area contributed by atoms with Gasteiger partial charge in [0, 0.05) is 0 Å². The summed E-state index contributed by atoms with van der Waals surface area (Å²) in [5.41, 5.74) is 5.62. The van der Waals surface area contributed by atoms with Crippen LogP contribution in [0, 0.1) is 0 Å². The van der Waals surface area contributed by atoms with Crippen LogP contribution < -0.4 is 11.1 Å². The van der Waals surface area contributed by atoms with Gasteiger partial charge in [0.15, 0.2) is 0 Å². The minimum Gasteiger partial charge on any atom is -0.376 e. The molecular weight excluding hydrogens is 316 g/mol. The Bertz CT molecular complexity index is 273. The van der Waals surface area contributed by atoms with E-state index in [9.17, 15) is 0 Å². The van der Waals surface area contributed by atoms with E-state index in [1.807, 2.05) is 13.1 Å². The Morgan fingerprint density at radius 3 is 1.31 bits per heavy atom. The molecule has 0 saturated heterocycles. The summed E-state index contributed by atoms with van der Waals surface area (Å²) in [6.45, 7) is 4.25. The van der Waals surface area contributed by atoms with Gasteiger partial charge in [0.1, 0.15) is 0 Å². The van der Waals surface area contributed by atoms with Gasteiger partial charge in [-0.3, -0.25) is 0 Å². The number of hydrogen-bond donors (Lipinski definition) is 2. The van der Waals surface area contributed by atoms with Crippen LogP contribution in [0.4, 0.5) is 0 Å². The van der Waals surface area contributed by atoms with Crippen LogP contribution in [0.1, 0.15) is 136 Å². The molecule has 0 radical (unpaired) electrons. The summed E-state index contributed by atoms with van der Waals surface area (Å²) in [7, 11) is 0. The van der Waals surface area contributed by atoms with E-state index in [0.717, 1.165) is 0 Å². The zero-order chi connectivity index (χ0) is 19.1. The van der Waals surface area contributed by atoms with E-state index in [-0.39, 0.29) is 6.17 Å². The van der Waals surface area contributed by atoms with Gasteiger partial charge in [-0.25, -0.2) is 0 Å². The van der Waals surface area contributed by atoms with Crippen LogP contribution in [-0.2, 0) is 0 Å². The smallest absolute Gasteiger partial charge is 0.0709 e. The molecule has 0 spiro atoms. The maximum Gasteiger partial charge on any atom is 0.0709 e. The molecule has 0 bridgehead atoms. The number of unbranched alkanes of at least 4 members (excludes halogenated alkanes) is 18. The van der Waals surface area contributed by atoms with E-state index in [2.05, 4.69) is 18.3 Å². The molecule has 26 heavy (non-hydrogen) atoms. The third-order valence-electron chi connectivity index (χ3n) is 5.20. The third-order valence-corrected chi connectivity index (χ3v) is 5.20. The summed E-state index contributed by atoms with van der Waals surface area (Å²) in [5.74, 6) is 0. The van der Waals surface area contributed by atoms with Crippen molar-refractivity contribution in [3.05, 3.63) is 12.3 Å². The molecule has 0 aromatic rings. The second-order valence-electron chi connectivity index (χ2n) is 8.16. The fourth-order valence-electron chi connectivity index (χ4n) is 3.47. The van der Waals surface area contributed by atoms with Gasteiger partial charge in [0.2, 0.25) is 0 Å². The van der Waals surface area contributed by atoms with Crippen molar-refractivity contribution in [3.8, 4) is 0 Å². The van der Waals surface area contributed by atoms with Crippen molar-refractivity contribution in [3.63, 3.8) is 0 Å². The van der Waals surface area contributed by atoms with Crippen molar-refractivity contribution in [2.24, 2.45) is 5.73 Å². The average molecular weight is 367 g/mol. The van der Waals surface area contributed by atoms with E-state index in [0.29, 0.717) is 0 Å². The van der Waals surface area contributed by atoms with E-state index in [4.69, 9.17) is 5.73 Å². The lowest BCUT2D eigenvalue weighted by atomic mass is 10.0. The molecule has 0 aromatic carbocycles. The lowest BCUT2D eigenvalue weighted by Crippen LogP contribution is -2.29. The Kier molecular flexibility index (Phi) is 22.1. The molecule has 1 atom stereocenters. The highest BCUT2D eigenvalue weighted by atomic mass is 15.0. The van der Waals surface area contributed by atoms with Gasteiger partial charge in [0.05, 0.1) is 6.17 Å². The van der Waals surface area contributed by atoms with Crippen molar-refractivity contribution in [1.82, 2.24) is 5.32 Å². The molecule has 0 rings (SSSR count). The molecule has 0 aliphatic carbocycles. The van der Waals surface area contributed by atoms with Gasteiger partial charge in [-0.05, 0) is 26.0 Å². The first-order chi connectivity index (χ1) is 12.8. The fraction of sp³-hybridized carbons (Fsp3) is 0.917. The summed E-state index contributed by atoms with van der Waals surface area (Å²) in [6.07, 6.45) is 31.4. The molecule has 3 N–H and O–H groups in total. The Balaban J connectivity index is 3.02. The van der Waals surface area contributed by atoms with E-state index < -0.39 is 0 Å². The predicted molar refractivity (Wildman–Crippen MR) is 119 cm³/mol. The molecule has 0 heterocycles. The summed E-state index contributed by atoms with van der Waals surface area (Å²) < 4.78 is 0. The van der Waals surface area contributed by atoms with Crippen LogP contribution in [0.2, 0.25) is 0 Å². The zero-order valence-electron chi connectivity index (χ0n) is 18.2. The van der Waals surface area contributed by atoms with Gasteiger partial charge in [-0.1, -0.05) is 122 Å². The monoisotopic (exact) mass is 366 g/mol.